The second-order valence-electron chi connectivity index (χ2n) is 7.78. The van der Waals surface area contributed by atoms with Gasteiger partial charge in [-0.15, -0.1) is 0 Å². The molecule has 1 aliphatic heterocycles. The number of hydrogen-bond acceptors (Lipinski definition) is 5. The van der Waals surface area contributed by atoms with Gasteiger partial charge in [-0.1, -0.05) is 42.5 Å². The molecule has 3 aromatic carbocycles. The SMILES string of the molecule is CN(C)c1ccc(N=c2c3c(=O)n(-c4ccccc4)c(=O)c=3c(=O)c3ccccc23)cc1. The van der Waals surface area contributed by atoms with Gasteiger partial charge < -0.3 is 4.90 Å². The maximum atomic E-state index is 13.5. The van der Waals surface area contributed by atoms with E-state index in [0.29, 0.717) is 27.5 Å². The highest BCUT2D eigenvalue weighted by atomic mass is 16.2. The van der Waals surface area contributed by atoms with Crippen molar-refractivity contribution in [3.63, 3.8) is 0 Å². The fourth-order valence-electron chi connectivity index (χ4n) is 4.00. The number of benzene rings is 3. The molecular formula is C26H19N3O3. The molecular weight excluding hydrogens is 402 g/mol. The molecule has 3 aromatic rings. The number of para-hydroxylation sites is 1. The molecule has 0 amide bonds. The van der Waals surface area contributed by atoms with E-state index < -0.39 is 16.5 Å². The summed E-state index contributed by atoms with van der Waals surface area (Å²) in [5.74, 6) is 0. The summed E-state index contributed by atoms with van der Waals surface area (Å²) in [4.78, 5) is 46.7. The fraction of sp³-hybridized carbons (Fsp3) is 0.0769. The Morgan fingerprint density at radius 2 is 1.28 bits per heavy atom. The van der Waals surface area contributed by atoms with Crippen molar-refractivity contribution in [2.75, 3.05) is 19.0 Å². The van der Waals surface area contributed by atoms with E-state index in [1.54, 1.807) is 54.6 Å². The zero-order valence-electron chi connectivity index (χ0n) is 17.6. The first-order valence-electron chi connectivity index (χ1n) is 10.2. The largest absolute Gasteiger partial charge is 0.378 e. The number of hydrogen-bond donors (Lipinski definition) is 0. The van der Waals surface area contributed by atoms with E-state index in [9.17, 15) is 14.4 Å². The monoisotopic (exact) mass is 421 g/mol. The quantitative estimate of drug-likeness (QED) is 0.449. The molecule has 32 heavy (non-hydrogen) atoms. The summed E-state index contributed by atoms with van der Waals surface area (Å²) in [5.41, 5.74) is 0.447. The predicted octanol–water partition coefficient (Wildman–Crippen LogP) is 2.61. The number of fused-ring (bicyclic) bond motifs is 1. The van der Waals surface area contributed by atoms with E-state index in [1.165, 1.54) is 0 Å². The lowest BCUT2D eigenvalue weighted by molar-refractivity contribution is 0.969. The van der Waals surface area contributed by atoms with E-state index in [1.807, 2.05) is 43.3 Å². The molecule has 1 heterocycles. The summed E-state index contributed by atoms with van der Waals surface area (Å²) in [6.45, 7) is 0. The molecule has 0 spiro atoms. The van der Waals surface area contributed by atoms with E-state index in [0.717, 1.165) is 10.3 Å². The molecule has 5 rings (SSSR count). The van der Waals surface area contributed by atoms with Gasteiger partial charge in [0.05, 0.1) is 22.0 Å². The highest BCUT2D eigenvalue weighted by molar-refractivity contribution is 5.82. The van der Waals surface area contributed by atoms with Gasteiger partial charge in [-0.3, -0.25) is 14.4 Å². The minimum atomic E-state index is -0.619. The van der Waals surface area contributed by atoms with Crippen LogP contribution in [0.1, 0.15) is 0 Å². The van der Waals surface area contributed by atoms with Crippen molar-refractivity contribution in [2.24, 2.45) is 4.99 Å². The molecule has 0 bridgehead atoms. The van der Waals surface area contributed by atoms with Crippen molar-refractivity contribution in [3.8, 4) is 5.69 Å². The molecule has 0 N–H and O–H groups in total. The lowest BCUT2D eigenvalue weighted by Crippen LogP contribution is -2.26. The standard InChI is InChI=1S/C26H19N3O3/c1-28(2)17-14-12-16(13-15-17)27-23-19-10-6-7-11-20(19)24(30)22-21(23)25(31)29(26(22)32)18-8-4-3-5-9-18/h3-15H,1-2H3. The first-order chi connectivity index (χ1) is 15.5. The van der Waals surface area contributed by atoms with Crippen molar-refractivity contribution < 1.29 is 0 Å². The van der Waals surface area contributed by atoms with Crippen molar-refractivity contribution >= 4 is 22.1 Å². The predicted molar refractivity (Wildman–Crippen MR) is 126 cm³/mol. The molecule has 0 saturated carbocycles. The molecule has 0 fully saturated rings. The van der Waals surface area contributed by atoms with E-state index in [-0.39, 0.29) is 10.4 Å². The molecule has 0 radical (unpaired) electrons. The Balaban J connectivity index is 1.97. The summed E-state index contributed by atoms with van der Waals surface area (Å²) >= 11 is 0. The zero-order chi connectivity index (χ0) is 22.4. The number of nitrogens with zero attached hydrogens (tertiary/aromatic N) is 3. The fourth-order valence-corrected chi connectivity index (χ4v) is 4.00. The Hall–Kier alpha value is -4.32. The molecule has 1 aliphatic carbocycles. The van der Waals surface area contributed by atoms with Crippen LogP contribution in [0.5, 0.6) is 0 Å². The summed E-state index contributed by atoms with van der Waals surface area (Å²) in [5, 5.41) is 1.18. The molecule has 0 unspecified atom stereocenters. The van der Waals surface area contributed by atoms with Crippen LogP contribution in [0.3, 0.4) is 0 Å². The minimum Gasteiger partial charge on any atom is -0.378 e. The van der Waals surface area contributed by atoms with E-state index in [2.05, 4.69) is 0 Å². The normalized spacial score (nSPS) is 12.0. The molecule has 0 aromatic heterocycles. The third-order valence-corrected chi connectivity index (χ3v) is 5.60. The molecule has 2 aliphatic rings. The van der Waals surface area contributed by atoms with Gasteiger partial charge >= 0.3 is 0 Å². The van der Waals surface area contributed by atoms with Crippen molar-refractivity contribution in [1.82, 2.24) is 4.57 Å². The van der Waals surface area contributed by atoms with Crippen LogP contribution in [0.2, 0.25) is 0 Å². The molecule has 156 valence electrons. The van der Waals surface area contributed by atoms with Gasteiger partial charge in [0.1, 0.15) is 5.22 Å². The van der Waals surface area contributed by atoms with Crippen LogP contribution in [-0.4, -0.2) is 18.7 Å². The van der Waals surface area contributed by atoms with E-state index >= 15 is 0 Å². The van der Waals surface area contributed by atoms with Crippen LogP contribution in [0.4, 0.5) is 11.4 Å². The van der Waals surface area contributed by atoms with Crippen LogP contribution >= 0.6 is 0 Å². The number of anilines is 1. The van der Waals surface area contributed by atoms with Crippen molar-refractivity contribution in [1.29, 1.82) is 0 Å². The van der Waals surface area contributed by atoms with Gasteiger partial charge in [0.2, 0.25) is 0 Å². The molecule has 0 atom stereocenters. The number of rotatable bonds is 3. The Labute approximate surface area is 182 Å². The van der Waals surface area contributed by atoms with Gasteiger partial charge in [-0.2, -0.15) is 0 Å². The Morgan fingerprint density at radius 1 is 0.688 bits per heavy atom. The van der Waals surface area contributed by atoms with Gasteiger partial charge in [0.15, 0.2) is 5.43 Å². The first kappa shape index (κ1) is 19.6. The van der Waals surface area contributed by atoms with Crippen LogP contribution in [-0.2, 0) is 0 Å². The summed E-state index contributed by atoms with van der Waals surface area (Å²) in [7, 11) is 3.89. The maximum Gasteiger partial charge on any atom is 0.270 e. The van der Waals surface area contributed by atoms with Gasteiger partial charge in [-0.25, -0.2) is 9.56 Å². The maximum absolute atomic E-state index is 13.5. The van der Waals surface area contributed by atoms with E-state index in [4.69, 9.17) is 4.99 Å². The van der Waals surface area contributed by atoms with Crippen LogP contribution in [0.25, 0.3) is 16.5 Å². The van der Waals surface area contributed by atoms with Crippen LogP contribution < -0.4 is 26.8 Å². The lowest BCUT2D eigenvalue weighted by atomic mass is 10.1. The third kappa shape index (κ3) is 2.96. The Bertz CT molecular complexity index is 1740. The second-order valence-corrected chi connectivity index (χ2v) is 7.78. The summed E-state index contributed by atoms with van der Waals surface area (Å²) in [6.07, 6.45) is 0. The molecule has 0 saturated heterocycles. The van der Waals surface area contributed by atoms with Gasteiger partial charge in [-0.05, 0) is 36.4 Å². The highest BCUT2D eigenvalue weighted by Gasteiger charge is 2.18. The topological polar surface area (TPSA) is 71.7 Å². The smallest absolute Gasteiger partial charge is 0.270 e. The highest BCUT2D eigenvalue weighted by Crippen LogP contribution is 2.18. The third-order valence-electron chi connectivity index (χ3n) is 5.60. The van der Waals surface area contributed by atoms with Crippen molar-refractivity contribution in [3.05, 3.63) is 126 Å². The van der Waals surface area contributed by atoms with Crippen LogP contribution in [0, 0.1) is 10.4 Å². The summed E-state index contributed by atoms with van der Waals surface area (Å²) in [6, 6.07) is 23.1. The van der Waals surface area contributed by atoms with Crippen LogP contribution in [0.15, 0.2) is 98.2 Å². The molecule has 6 nitrogen and oxygen atoms in total. The van der Waals surface area contributed by atoms with Crippen molar-refractivity contribution in [2.45, 2.75) is 0 Å². The first-order valence-corrected chi connectivity index (χ1v) is 10.2. The summed E-state index contributed by atoms with van der Waals surface area (Å²) < 4.78 is 1.05. The average molecular weight is 421 g/mol. The minimum absolute atomic E-state index is 0.0549. The zero-order valence-corrected chi connectivity index (χ0v) is 17.6. The number of aromatic nitrogens is 1. The average Bonchev–Trinajstić information content (AvgIpc) is 3.08. The second kappa shape index (κ2) is 7.42. The van der Waals surface area contributed by atoms with Gasteiger partial charge in [0.25, 0.3) is 11.1 Å². The van der Waals surface area contributed by atoms with Gasteiger partial charge in [0, 0.05) is 30.6 Å². The molecule has 6 heteroatoms. The Morgan fingerprint density at radius 3 is 1.94 bits per heavy atom. The Kier molecular flexibility index (Phi) is 4.56. The lowest BCUT2D eigenvalue weighted by Gasteiger charge is -2.11.